The number of anilines is 1. The molecule has 2 aromatic carbocycles. The van der Waals surface area contributed by atoms with Crippen LogP contribution in [0.3, 0.4) is 0 Å². The lowest BCUT2D eigenvalue weighted by Gasteiger charge is -2.45. The fraction of sp³-hybridized carbons (Fsp3) is 0.360. The Hall–Kier alpha value is -2.73. The first-order valence-electron chi connectivity index (χ1n) is 10.7. The minimum Gasteiger partial charge on any atom is -0.494 e. The van der Waals surface area contributed by atoms with E-state index in [0.717, 1.165) is 23.4 Å². The first kappa shape index (κ1) is 21.5. The molecular weight excluding hydrogens is 406 g/mol. The third-order valence-electron chi connectivity index (χ3n) is 5.98. The molecule has 5 nitrogen and oxygen atoms in total. The first-order valence-corrected chi connectivity index (χ1v) is 11.5. The number of aliphatic imine (C=N–C) groups is 1. The number of fused-ring (bicyclic) bond motifs is 1. The number of thioether (sulfide) groups is 1. The number of hydrogen-bond acceptors (Lipinski definition) is 5. The van der Waals surface area contributed by atoms with E-state index in [1.54, 1.807) is 0 Å². The second-order valence-electron chi connectivity index (χ2n) is 8.70. The van der Waals surface area contributed by atoms with Crippen molar-refractivity contribution in [3.05, 3.63) is 58.5 Å². The Morgan fingerprint density at radius 3 is 2.71 bits per heavy atom. The van der Waals surface area contributed by atoms with Crippen molar-refractivity contribution in [3.63, 3.8) is 0 Å². The number of carbonyl (C=O) groups excluding carboxylic acids is 1. The Bertz CT molecular complexity index is 1060. The summed E-state index contributed by atoms with van der Waals surface area (Å²) in [5.74, 6) is 1.17. The second-order valence-corrected chi connectivity index (χ2v) is 9.73. The largest absolute Gasteiger partial charge is 0.494 e. The molecule has 1 N–H and O–H groups in total. The molecule has 0 spiro atoms. The summed E-state index contributed by atoms with van der Waals surface area (Å²) in [6.07, 6.45) is 3.05. The number of nitrogens with one attached hydrogen (secondary N) is 1. The summed E-state index contributed by atoms with van der Waals surface area (Å²) in [7, 11) is 2.16. The number of rotatable bonds is 4. The molecule has 6 heteroatoms. The van der Waals surface area contributed by atoms with E-state index in [2.05, 4.69) is 61.2 Å². The smallest absolute Gasteiger partial charge is 0.264 e. The van der Waals surface area contributed by atoms with Crippen LogP contribution in [0.25, 0.3) is 6.08 Å². The van der Waals surface area contributed by atoms with E-state index in [1.807, 2.05) is 37.3 Å². The Kier molecular flexibility index (Phi) is 5.84. The number of nitrogens with zero attached hydrogens (tertiary/aromatic N) is 2. The molecule has 2 heterocycles. The maximum Gasteiger partial charge on any atom is 0.264 e. The van der Waals surface area contributed by atoms with Gasteiger partial charge in [0.2, 0.25) is 0 Å². The summed E-state index contributed by atoms with van der Waals surface area (Å²) in [5.41, 5.74) is 4.56. The lowest BCUT2D eigenvalue weighted by molar-refractivity contribution is -0.115. The van der Waals surface area contributed by atoms with Crippen LogP contribution in [0.5, 0.6) is 5.75 Å². The van der Waals surface area contributed by atoms with Gasteiger partial charge in [-0.3, -0.25) is 4.79 Å². The van der Waals surface area contributed by atoms with E-state index in [1.165, 1.54) is 23.0 Å². The van der Waals surface area contributed by atoms with Crippen molar-refractivity contribution < 1.29 is 9.53 Å². The molecule has 0 unspecified atom stereocenters. The molecule has 2 aromatic rings. The number of benzene rings is 2. The molecule has 0 aliphatic carbocycles. The molecule has 0 bridgehead atoms. The quantitative estimate of drug-likeness (QED) is 0.626. The van der Waals surface area contributed by atoms with Gasteiger partial charge in [0.15, 0.2) is 5.17 Å². The molecule has 1 amide bonds. The van der Waals surface area contributed by atoms with Gasteiger partial charge in [-0.1, -0.05) is 13.0 Å². The van der Waals surface area contributed by atoms with Crippen LogP contribution in [0.1, 0.15) is 51.2 Å². The number of carbonyl (C=O) groups is 1. The maximum absolute atomic E-state index is 12.5. The van der Waals surface area contributed by atoms with E-state index < -0.39 is 0 Å². The normalized spacial score (nSPS) is 22.5. The molecule has 1 fully saturated rings. The second kappa shape index (κ2) is 8.42. The fourth-order valence-electron chi connectivity index (χ4n) is 4.22. The molecular formula is C25H29N3O2S. The first-order chi connectivity index (χ1) is 14.8. The van der Waals surface area contributed by atoms with Crippen molar-refractivity contribution in [3.8, 4) is 5.75 Å². The lowest BCUT2D eigenvalue weighted by Crippen LogP contribution is -2.45. The van der Waals surface area contributed by atoms with Crippen LogP contribution in [-0.4, -0.2) is 30.3 Å². The molecule has 0 radical (unpaired) electrons. The minimum absolute atomic E-state index is 0.112. The van der Waals surface area contributed by atoms with Gasteiger partial charge < -0.3 is 15.0 Å². The summed E-state index contributed by atoms with van der Waals surface area (Å²) < 4.78 is 5.46. The van der Waals surface area contributed by atoms with Gasteiger partial charge in [-0.05, 0) is 98.5 Å². The predicted octanol–water partition coefficient (Wildman–Crippen LogP) is 5.70. The zero-order chi connectivity index (χ0) is 22.2. The monoisotopic (exact) mass is 435 g/mol. The molecule has 2 aliphatic rings. The summed E-state index contributed by atoms with van der Waals surface area (Å²) in [4.78, 5) is 20.1. The molecule has 162 valence electrons. The highest BCUT2D eigenvalue weighted by molar-refractivity contribution is 8.18. The van der Waals surface area contributed by atoms with Gasteiger partial charge in [0.1, 0.15) is 5.75 Å². The number of amides is 1. The number of amidine groups is 1. The van der Waals surface area contributed by atoms with E-state index in [4.69, 9.17) is 4.74 Å². The average Bonchev–Trinajstić information content (AvgIpc) is 3.06. The van der Waals surface area contributed by atoms with Gasteiger partial charge in [0.25, 0.3) is 5.91 Å². The van der Waals surface area contributed by atoms with Gasteiger partial charge in [-0.15, -0.1) is 0 Å². The predicted molar refractivity (Wildman–Crippen MR) is 130 cm³/mol. The zero-order valence-electron chi connectivity index (χ0n) is 18.7. The molecule has 31 heavy (non-hydrogen) atoms. The standard InChI is InChI=1S/C25H29N3O2S/c1-6-30-19-10-8-18(9-11-19)26-24-27-23(29)22(31-24)14-17-7-12-21-20(13-17)16(2)15-25(3,4)28(21)5/h7-14,16H,6,15H2,1-5H3,(H,26,27,29)/b22-14-/t16-/m0/s1. The van der Waals surface area contributed by atoms with Crippen molar-refractivity contribution >= 4 is 40.3 Å². The van der Waals surface area contributed by atoms with Crippen molar-refractivity contribution in [1.82, 2.24) is 5.32 Å². The Balaban J connectivity index is 1.55. The molecule has 2 aliphatic heterocycles. The van der Waals surface area contributed by atoms with E-state index >= 15 is 0 Å². The van der Waals surface area contributed by atoms with Crippen molar-refractivity contribution in [2.24, 2.45) is 4.99 Å². The number of ether oxygens (including phenoxy) is 1. The Morgan fingerprint density at radius 2 is 2.00 bits per heavy atom. The van der Waals surface area contributed by atoms with Crippen LogP contribution in [0, 0.1) is 0 Å². The molecule has 1 atom stereocenters. The van der Waals surface area contributed by atoms with Crippen molar-refractivity contribution in [2.45, 2.75) is 45.6 Å². The Labute approximate surface area is 188 Å². The Morgan fingerprint density at radius 1 is 1.26 bits per heavy atom. The third-order valence-corrected chi connectivity index (χ3v) is 6.89. The van der Waals surface area contributed by atoms with Crippen LogP contribution in [0.4, 0.5) is 11.4 Å². The van der Waals surface area contributed by atoms with Gasteiger partial charge in [-0.25, -0.2) is 4.99 Å². The summed E-state index contributed by atoms with van der Waals surface area (Å²) >= 11 is 1.37. The van der Waals surface area contributed by atoms with Crippen molar-refractivity contribution in [2.75, 3.05) is 18.6 Å². The molecule has 4 rings (SSSR count). The number of hydrogen-bond donors (Lipinski definition) is 1. The van der Waals surface area contributed by atoms with Crippen LogP contribution in [-0.2, 0) is 4.79 Å². The summed E-state index contributed by atoms with van der Waals surface area (Å²) in [5, 5.41) is 3.46. The van der Waals surface area contributed by atoms with Gasteiger partial charge in [0.05, 0.1) is 17.2 Å². The fourth-order valence-corrected chi connectivity index (χ4v) is 5.06. The highest BCUT2D eigenvalue weighted by Crippen LogP contribution is 2.43. The summed E-state index contributed by atoms with van der Waals surface area (Å²) in [6, 6.07) is 14.0. The van der Waals surface area contributed by atoms with Gasteiger partial charge in [-0.2, -0.15) is 0 Å². The maximum atomic E-state index is 12.5. The lowest BCUT2D eigenvalue weighted by atomic mass is 9.80. The minimum atomic E-state index is -0.112. The highest BCUT2D eigenvalue weighted by Gasteiger charge is 2.34. The highest BCUT2D eigenvalue weighted by atomic mass is 32.2. The zero-order valence-corrected chi connectivity index (χ0v) is 19.5. The molecule has 1 saturated heterocycles. The SMILES string of the molecule is CCOc1ccc(N=C2NC(=O)/C(=C/c3ccc4c(c3)[C@@H](C)CC(C)(C)N4C)S2)cc1. The van der Waals surface area contributed by atoms with Gasteiger partial charge in [0, 0.05) is 18.3 Å². The molecule has 0 aromatic heterocycles. The topological polar surface area (TPSA) is 53.9 Å². The van der Waals surface area contributed by atoms with Crippen LogP contribution < -0.4 is 15.0 Å². The van der Waals surface area contributed by atoms with E-state index in [-0.39, 0.29) is 11.4 Å². The third kappa shape index (κ3) is 4.49. The van der Waals surface area contributed by atoms with E-state index in [9.17, 15) is 4.79 Å². The van der Waals surface area contributed by atoms with E-state index in [0.29, 0.717) is 22.6 Å². The van der Waals surface area contributed by atoms with Crippen LogP contribution in [0.2, 0.25) is 0 Å². The average molecular weight is 436 g/mol. The van der Waals surface area contributed by atoms with Crippen LogP contribution >= 0.6 is 11.8 Å². The summed E-state index contributed by atoms with van der Waals surface area (Å²) in [6.45, 7) is 9.43. The van der Waals surface area contributed by atoms with Gasteiger partial charge >= 0.3 is 0 Å². The molecule has 0 saturated carbocycles. The van der Waals surface area contributed by atoms with Crippen molar-refractivity contribution in [1.29, 1.82) is 0 Å². The van der Waals surface area contributed by atoms with Crippen LogP contribution in [0.15, 0.2) is 52.4 Å².